The molecule has 1 aliphatic heterocycles. The lowest BCUT2D eigenvalue weighted by atomic mass is 10.1. The van der Waals surface area contributed by atoms with Gasteiger partial charge in [-0.1, -0.05) is 17.7 Å². The fourth-order valence-electron chi connectivity index (χ4n) is 4.53. The van der Waals surface area contributed by atoms with E-state index < -0.39 is 28.5 Å². The largest absolute Gasteiger partial charge is 0.358 e. The number of hydrogen-bond acceptors (Lipinski definition) is 7. The first-order valence-electron chi connectivity index (χ1n) is 11.8. The number of ether oxygens (including phenoxy) is 1. The topological polar surface area (TPSA) is 107 Å². The van der Waals surface area contributed by atoms with Gasteiger partial charge in [0.05, 0.1) is 41.5 Å². The molecule has 0 saturated carbocycles. The van der Waals surface area contributed by atoms with Crippen LogP contribution in [-0.2, 0) is 21.8 Å². The van der Waals surface area contributed by atoms with Crippen molar-refractivity contribution in [2.45, 2.75) is 31.9 Å². The average molecular weight is 566 g/mol. The smallest absolute Gasteiger partial charge is 0.295 e. The van der Waals surface area contributed by atoms with Crippen LogP contribution in [0.15, 0.2) is 36.8 Å². The average Bonchev–Trinajstić information content (AvgIpc) is 3.47. The number of aryl methyl sites for hydroxylation is 1. The Hall–Kier alpha value is -3.29. The molecular formula is C24H26ClF2N7O3S. The summed E-state index contributed by atoms with van der Waals surface area (Å²) in [5.41, 5.74) is 2.87. The molecule has 0 spiro atoms. The molecule has 4 heterocycles. The lowest BCUT2D eigenvalue weighted by molar-refractivity contribution is -0.0363. The van der Waals surface area contributed by atoms with Crippen molar-refractivity contribution in [2.75, 3.05) is 29.5 Å². The highest BCUT2D eigenvalue weighted by molar-refractivity contribution is 7.92. The number of halogens is 3. The molecule has 1 aliphatic rings. The molecule has 0 aliphatic carbocycles. The molecule has 1 N–H and O–H groups in total. The van der Waals surface area contributed by atoms with Crippen molar-refractivity contribution in [3.05, 3.63) is 47.8 Å². The van der Waals surface area contributed by atoms with Gasteiger partial charge in [-0.15, -0.1) is 0 Å². The second-order valence-electron chi connectivity index (χ2n) is 9.10. The Morgan fingerprint density at radius 1 is 1.21 bits per heavy atom. The van der Waals surface area contributed by atoms with Gasteiger partial charge in [-0.05, 0) is 31.4 Å². The Labute approximate surface area is 223 Å². The molecule has 1 saturated heterocycles. The summed E-state index contributed by atoms with van der Waals surface area (Å²) in [5.74, 6) is -0.468. The van der Waals surface area contributed by atoms with Gasteiger partial charge in [-0.3, -0.25) is 8.87 Å². The standard InChI is InChI=1S/C24H26ClF2N7O3S/c1-32-13-28-12-18(32)14-7-8-15(17(10-14)33(2)38(3,35)36)29-16-11-19(25)30-23-21(16)31-24(22(26)27)34(23)20-6-4-5-9-37-20/h7-8,10-13,20,22H,4-6,9H2,1-3H3,(H,29,30). The van der Waals surface area contributed by atoms with Crippen molar-refractivity contribution in [3.8, 4) is 11.3 Å². The lowest BCUT2D eigenvalue weighted by Gasteiger charge is -2.25. The number of benzene rings is 1. The van der Waals surface area contributed by atoms with Crippen LogP contribution >= 0.6 is 11.6 Å². The summed E-state index contributed by atoms with van der Waals surface area (Å²) in [7, 11) is -0.385. The van der Waals surface area contributed by atoms with E-state index in [1.54, 1.807) is 30.7 Å². The van der Waals surface area contributed by atoms with E-state index in [0.29, 0.717) is 30.1 Å². The van der Waals surface area contributed by atoms with Crippen LogP contribution in [0.2, 0.25) is 5.15 Å². The molecule has 202 valence electrons. The van der Waals surface area contributed by atoms with Gasteiger partial charge < -0.3 is 14.6 Å². The van der Waals surface area contributed by atoms with E-state index in [-0.39, 0.29) is 16.3 Å². The van der Waals surface area contributed by atoms with Crippen LogP contribution in [0.4, 0.5) is 25.8 Å². The van der Waals surface area contributed by atoms with E-state index in [9.17, 15) is 17.2 Å². The second-order valence-corrected chi connectivity index (χ2v) is 11.5. The minimum absolute atomic E-state index is 0.0577. The van der Waals surface area contributed by atoms with Crippen molar-refractivity contribution < 1.29 is 21.9 Å². The van der Waals surface area contributed by atoms with Crippen LogP contribution in [0.25, 0.3) is 22.4 Å². The SMILES string of the molecule is CN(c1cc(-c2cncn2C)ccc1Nc1cc(Cl)nc2c1nc(C(F)F)n2C1CCCCO1)S(C)(=O)=O. The molecule has 1 fully saturated rings. The van der Waals surface area contributed by atoms with E-state index in [2.05, 4.69) is 20.3 Å². The molecule has 1 atom stereocenters. The minimum Gasteiger partial charge on any atom is -0.358 e. The molecule has 4 aromatic rings. The summed E-state index contributed by atoms with van der Waals surface area (Å²) < 4.78 is 63.2. The van der Waals surface area contributed by atoms with E-state index in [1.165, 1.54) is 17.7 Å². The van der Waals surface area contributed by atoms with Crippen LogP contribution in [0.3, 0.4) is 0 Å². The van der Waals surface area contributed by atoms with E-state index in [1.807, 2.05) is 11.6 Å². The molecule has 14 heteroatoms. The van der Waals surface area contributed by atoms with Crippen molar-refractivity contribution in [3.63, 3.8) is 0 Å². The Morgan fingerprint density at radius 2 is 2.00 bits per heavy atom. The Balaban J connectivity index is 1.65. The Kier molecular flexibility index (Phi) is 7.01. The molecule has 0 bridgehead atoms. The number of hydrogen-bond donors (Lipinski definition) is 1. The lowest BCUT2D eigenvalue weighted by Crippen LogP contribution is -2.25. The van der Waals surface area contributed by atoms with Crippen LogP contribution in [-0.4, -0.2) is 52.4 Å². The summed E-state index contributed by atoms with van der Waals surface area (Å²) in [6, 6.07) is 6.68. The van der Waals surface area contributed by atoms with Gasteiger partial charge in [0.15, 0.2) is 11.5 Å². The summed E-state index contributed by atoms with van der Waals surface area (Å²) in [6.07, 6.45) is 3.11. The normalized spacial score (nSPS) is 16.3. The zero-order chi connectivity index (χ0) is 27.2. The van der Waals surface area contributed by atoms with Gasteiger partial charge >= 0.3 is 0 Å². The van der Waals surface area contributed by atoms with Gasteiger partial charge in [0.1, 0.15) is 16.9 Å². The van der Waals surface area contributed by atoms with Gasteiger partial charge in [-0.2, -0.15) is 0 Å². The zero-order valence-corrected chi connectivity index (χ0v) is 22.5. The number of anilines is 3. The quantitative estimate of drug-likeness (QED) is 0.304. The van der Waals surface area contributed by atoms with Gasteiger partial charge in [0, 0.05) is 32.3 Å². The molecule has 5 rings (SSSR count). The van der Waals surface area contributed by atoms with Crippen LogP contribution in [0, 0.1) is 0 Å². The second kappa shape index (κ2) is 10.1. The van der Waals surface area contributed by atoms with Gasteiger partial charge in [0.2, 0.25) is 10.0 Å². The first-order valence-corrected chi connectivity index (χ1v) is 14.1. The Morgan fingerprint density at radius 3 is 2.63 bits per heavy atom. The highest BCUT2D eigenvalue weighted by Crippen LogP contribution is 2.39. The number of imidazole rings is 2. The monoisotopic (exact) mass is 565 g/mol. The molecule has 0 amide bonds. The number of nitrogens with one attached hydrogen (secondary N) is 1. The van der Waals surface area contributed by atoms with Crippen molar-refractivity contribution >= 4 is 49.9 Å². The third-order valence-electron chi connectivity index (χ3n) is 6.50. The fraction of sp³-hybridized carbons (Fsp3) is 0.375. The Bertz CT molecular complexity index is 1600. The van der Waals surface area contributed by atoms with Crippen LogP contribution < -0.4 is 9.62 Å². The molecule has 38 heavy (non-hydrogen) atoms. The van der Waals surface area contributed by atoms with Crippen molar-refractivity contribution in [2.24, 2.45) is 7.05 Å². The first kappa shape index (κ1) is 26.3. The molecule has 0 radical (unpaired) electrons. The zero-order valence-electron chi connectivity index (χ0n) is 20.9. The predicted octanol–water partition coefficient (Wildman–Crippen LogP) is 5.26. The predicted molar refractivity (Wildman–Crippen MR) is 142 cm³/mol. The van der Waals surface area contributed by atoms with E-state index in [0.717, 1.165) is 34.7 Å². The molecule has 3 aromatic heterocycles. The third-order valence-corrected chi connectivity index (χ3v) is 7.88. The van der Waals surface area contributed by atoms with Gasteiger partial charge in [-0.25, -0.2) is 32.2 Å². The number of aromatic nitrogens is 5. The first-order chi connectivity index (χ1) is 18.0. The van der Waals surface area contributed by atoms with Crippen molar-refractivity contribution in [1.29, 1.82) is 0 Å². The molecule has 10 nitrogen and oxygen atoms in total. The maximum absolute atomic E-state index is 14.1. The number of sulfonamides is 1. The third kappa shape index (κ3) is 4.93. The summed E-state index contributed by atoms with van der Waals surface area (Å²) in [5, 5.41) is 3.22. The van der Waals surface area contributed by atoms with Crippen LogP contribution in [0.1, 0.15) is 37.7 Å². The number of pyridine rings is 1. The molecule has 1 unspecified atom stereocenters. The maximum atomic E-state index is 14.1. The number of nitrogens with zero attached hydrogens (tertiary/aromatic N) is 6. The molecule has 1 aromatic carbocycles. The summed E-state index contributed by atoms with van der Waals surface area (Å²) in [6.45, 7) is 0.447. The van der Waals surface area contributed by atoms with Crippen molar-refractivity contribution in [1.82, 2.24) is 24.1 Å². The maximum Gasteiger partial charge on any atom is 0.295 e. The molecular weight excluding hydrogens is 540 g/mol. The summed E-state index contributed by atoms with van der Waals surface area (Å²) in [4.78, 5) is 12.7. The number of rotatable bonds is 7. The highest BCUT2D eigenvalue weighted by atomic mass is 35.5. The fourth-order valence-corrected chi connectivity index (χ4v) is 5.22. The van der Waals surface area contributed by atoms with E-state index in [4.69, 9.17) is 16.3 Å². The minimum atomic E-state index is -3.65. The van der Waals surface area contributed by atoms with Crippen LogP contribution in [0.5, 0.6) is 0 Å². The van der Waals surface area contributed by atoms with E-state index >= 15 is 0 Å². The highest BCUT2D eigenvalue weighted by Gasteiger charge is 2.29. The van der Waals surface area contributed by atoms with Gasteiger partial charge in [0.25, 0.3) is 6.43 Å². The number of fused-ring (bicyclic) bond motifs is 1. The summed E-state index contributed by atoms with van der Waals surface area (Å²) >= 11 is 6.34. The number of alkyl halides is 2.